The van der Waals surface area contributed by atoms with Crippen LogP contribution in [0.5, 0.6) is 5.88 Å². The lowest BCUT2D eigenvalue weighted by Gasteiger charge is -2.09. The maximum atomic E-state index is 5.82. The summed E-state index contributed by atoms with van der Waals surface area (Å²) in [5, 5.41) is 0. The Labute approximate surface area is 84.3 Å². The molecule has 0 saturated carbocycles. The van der Waals surface area contributed by atoms with Crippen LogP contribution in [0.15, 0.2) is 6.07 Å². The minimum atomic E-state index is 0.575. The van der Waals surface area contributed by atoms with Gasteiger partial charge in [0, 0.05) is 5.69 Å². The first kappa shape index (κ1) is 9.31. The molecule has 0 radical (unpaired) electrons. The van der Waals surface area contributed by atoms with Crippen LogP contribution in [-0.2, 0) is 12.8 Å². The van der Waals surface area contributed by atoms with Crippen LogP contribution in [0.25, 0.3) is 0 Å². The first-order valence-electron chi connectivity index (χ1n) is 5.13. The molecule has 0 amide bonds. The molecule has 0 spiro atoms. The van der Waals surface area contributed by atoms with Crippen molar-refractivity contribution in [3.63, 3.8) is 0 Å². The SMILES string of the molecule is COc1nc2c(cc1N)CCCCC2. The molecule has 1 aliphatic carbocycles. The molecule has 76 valence electrons. The van der Waals surface area contributed by atoms with Crippen LogP contribution in [-0.4, -0.2) is 12.1 Å². The van der Waals surface area contributed by atoms with Crippen molar-refractivity contribution in [1.82, 2.24) is 4.98 Å². The smallest absolute Gasteiger partial charge is 0.237 e. The van der Waals surface area contributed by atoms with E-state index in [-0.39, 0.29) is 0 Å². The first-order chi connectivity index (χ1) is 6.81. The van der Waals surface area contributed by atoms with Crippen LogP contribution >= 0.6 is 0 Å². The number of ether oxygens (including phenoxy) is 1. The molecular weight excluding hydrogens is 176 g/mol. The van der Waals surface area contributed by atoms with Crippen LogP contribution < -0.4 is 10.5 Å². The summed E-state index contributed by atoms with van der Waals surface area (Å²) >= 11 is 0. The van der Waals surface area contributed by atoms with Crippen molar-refractivity contribution in [2.45, 2.75) is 32.1 Å². The monoisotopic (exact) mass is 192 g/mol. The second-order valence-corrected chi connectivity index (χ2v) is 3.75. The van der Waals surface area contributed by atoms with Crippen LogP contribution in [0.4, 0.5) is 5.69 Å². The number of methoxy groups -OCH3 is 1. The lowest BCUT2D eigenvalue weighted by Crippen LogP contribution is -2.02. The summed E-state index contributed by atoms with van der Waals surface area (Å²) in [7, 11) is 1.61. The molecule has 0 saturated heterocycles. The van der Waals surface area contributed by atoms with Crippen molar-refractivity contribution in [3.05, 3.63) is 17.3 Å². The average Bonchev–Trinajstić information content (AvgIpc) is 2.41. The number of pyridine rings is 1. The maximum Gasteiger partial charge on any atom is 0.237 e. The maximum absolute atomic E-state index is 5.82. The van der Waals surface area contributed by atoms with Gasteiger partial charge in [-0.05, 0) is 37.3 Å². The minimum Gasteiger partial charge on any atom is -0.480 e. The van der Waals surface area contributed by atoms with E-state index in [9.17, 15) is 0 Å². The third-order valence-electron chi connectivity index (χ3n) is 2.74. The summed E-state index contributed by atoms with van der Waals surface area (Å²) in [5.41, 5.74) is 8.96. The summed E-state index contributed by atoms with van der Waals surface area (Å²) in [5.74, 6) is 0.575. The number of rotatable bonds is 1. The summed E-state index contributed by atoms with van der Waals surface area (Å²) in [6.07, 6.45) is 5.94. The fraction of sp³-hybridized carbons (Fsp3) is 0.545. The summed E-state index contributed by atoms with van der Waals surface area (Å²) in [6.45, 7) is 0. The molecule has 3 nitrogen and oxygen atoms in total. The minimum absolute atomic E-state index is 0.575. The predicted molar refractivity (Wildman–Crippen MR) is 56.5 cm³/mol. The third kappa shape index (κ3) is 1.67. The number of nitrogens with zero attached hydrogens (tertiary/aromatic N) is 1. The zero-order chi connectivity index (χ0) is 9.97. The molecular formula is C11H16N2O. The standard InChI is InChI=1S/C11H16N2O/c1-14-11-9(12)7-8-5-3-2-4-6-10(8)13-11/h7H,2-6,12H2,1H3. The van der Waals surface area contributed by atoms with E-state index < -0.39 is 0 Å². The lowest BCUT2D eigenvalue weighted by molar-refractivity contribution is 0.398. The zero-order valence-electron chi connectivity index (χ0n) is 8.55. The topological polar surface area (TPSA) is 48.1 Å². The zero-order valence-corrected chi connectivity index (χ0v) is 8.55. The van der Waals surface area contributed by atoms with Crippen molar-refractivity contribution in [2.24, 2.45) is 0 Å². The van der Waals surface area contributed by atoms with E-state index in [0.29, 0.717) is 11.6 Å². The van der Waals surface area contributed by atoms with Crippen LogP contribution in [0, 0.1) is 0 Å². The van der Waals surface area contributed by atoms with Gasteiger partial charge in [0.25, 0.3) is 0 Å². The Hall–Kier alpha value is -1.25. The highest BCUT2D eigenvalue weighted by molar-refractivity contribution is 5.51. The van der Waals surface area contributed by atoms with E-state index in [1.54, 1.807) is 7.11 Å². The normalized spacial score (nSPS) is 15.8. The molecule has 2 rings (SSSR count). The van der Waals surface area contributed by atoms with Gasteiger partial charge in [-0.1, -0.05) is 6.42 Å². The Balaban J connectivity index is 2.41. The molecule has 0 aromatic carbocycles. The van der Waals surface area contributed by atoms with E-state index in [1.165, 1.54) is 30.5 Å². The Morgan fingerprint density at radius 3 is 2.86 bits per heavy atom. The van der Waals surface area contributed by atoms with E-state index in [1.807, 2.05) is 6.07 Å². The van der Waals surface area contributed by atoms with Gasteiger partial charge in [-0.25, -0.2) is 4.98 Å². The van der Waals surface area contributed by atoms with Gasteiger partial charge in [0.2, 0.25) is 5.88 Å². The number of fused-ring (bicyclic) bond motifs is 1. The van der Waals surface area contributed by atoms with Gasteiger partial charge in [0.05, 0.1) is 12.8 Å². The molecule has 0 atom stereocenters. The summed E-state index contributed by atoms with van der Waals surface area (Å²) in [4.78, 5) is 4.44. The number of hydrogen-bond acceptors (Lipinski definition) is 3. The molecule has 0 aliphatic heterocycles. The first-order valence-corrected chi connectivity index (χ1v) is 5.13. The van der Waals surface area contributed by atoms with Gasteiger partial charge in [-0.2, -0.15) is 0 Å². The molecule has 0 fully saturated rings. The van der Waals surface area contributed by atoms with Crippen LogP contribution in [0.2, 0.25) is 0 Å². The molecule has 0 bridgehead atoms. The van der Waals surface area contributed by atoms with Gasteiger partial charge < -0.3 is 10.5 Å². The van der Waals surface area contributed by atoms with Crippen LogP contribution in [0.1, 0.15) is 30.5 Å². The van der Waals surface area contributed by atoms with Crippen molar-refractivity contribution < 1.29 is 4.74 Å². The Bertz CT molecular complexity index is 336. The van der Waals surface area contributed by atoms with E-state index in [4.69, 9.17) is 10.5 Å². The number of nitrogen functional groups attached to an aromatic ring is 1. The number of hydrogen-bond donors (Lipinski definition) is 1. The summed E-state index contributed by atoms with van der Waals surface area (Å²) in [6, 6.07) is 2.02. The van der Waals surface area contributed by atoms with E-state index >= 15 is 0 Å². The predicted octanol–water partition coefficient (Wildman–Crippen LogP) is 1.94. The molecule has 1 heterocycles. The van der Waals surface area contributed by atoms with Gasteiger partial charge in [-0.15, -0.1) is 0 Å². The second kappa shape index (κ2) is 3.86. The lowest BCUT2D eigenvalue weighted by atomic mass is 10.1. The Morgan fingerprint density at radius 2 is 2.07 bits per heavy atom. The highest BCUT2D eigenvalue weighted by Crippen LogP contribution is 2.26. The van der Waals surface area contributed by atoms with Gasteiger partial charge >= 0.3 is 0 Å². The average molecular weight is 192 g/mol. The highest BCUT2D eigenvalue weighted by atomic mass is 16.5. The number of aryl methyl sites for hydroxylation is 2. The Kier molecular flexibility index (Phi) is 2.57. The molecule has 1 aliphatic rings. The fourth-order valence-corrected chi connectivity index (χ4v) is 1.97. The van der Waals surface area contributed by atoms with Gasteiger partial charge in [0.15, 0.2) is 0 Å². The third-order valence-corrected chi connectivity index (χ3v) is 2.74. The molecule has 14 heavy (non-hydrogen) atoms. The quantitative estimate of drug-likeness (QED) is 0.692. The van der Waals surface area contributed by atoms with Crippen molar-refractivity contribution >= 4 is 5.69 Å². The fourth-order valence-electron chi connectivity index (χ4n) is 1.97. The van der Waals surface area contributed by atoms with Crippen LogP contribution in [0.3, 0.4) is 0 Å². The second-order valence-electron chi connectivity index (χ2n) is 3.75. The number of anilines is 1. The molecule has 0 unspecified atom stereocenters. The Morgan fingerprint density at radius 1 is 1.29 bits per heavy atom. The molecule has 2 N–H and O–H groups in total. The summed E-state index contributed by atoms with van der Waals surface area (Å²) < 4.78 is 5.12. The van der Waals surface area contributed by atoms with Crippen molar-refractivity contribution in [1.29, 1.82) is 0 Å². The van der Waals surface area contributed by atoms with E-state index in [2.05, 4.69) is 4.98 Å². The van der Waals surface area contributed by atoms with Crippen molar-refractivity contribution in [3.8, 4) is 5.88 Å². The van der Waals surface area contributed by atoms with E-state index in [0.717, 1.165) is 12.8 Å². The largest absolute Gasteiger partial charge is 0.480 e. The highest BCUT2D eigenvalue weighted by Gasteiger charge is 2.12. The molecule has 1 aromatic rings. The molecule has 3 heteroatoms. The number of aromatic nitrogens is 1. The van der Waals surface area contributed by atoms with Gasteiger partial charge in [0.1, 0.15) is 0 Å². The van der Waals surface area contributed by atoms with Crippen molar-refractivity contribution in [2.75, 3.05) is 12.8 Å². The van der Waals surface area contributed by atoms with Gasteiger partial charge in [-0.3, -0.25) is 0 Å². The number of nitrogens with two attached hydrogens (primary N) is 1. The molecule has 1 aromatic heterocycles.